The van der Waals surface area contributed by atoms with Gasteiger partial charge >= 0.3 is 0 Å². The van der Waals surface area contributed by atoms with E-state index in [1.807, 2.05) is 30.3 Å². The number of anilines is 1. The van der Waals surface area contributed by atoms with Crippen LogP contribution in [0.4, 0.5) is 5.00 Å². The van der Waals surface area contributed by atoms with E-state index >= 15 is 0 Å². The van der Waals surface area contributed by atoms with Crippen molar-refractivity contribution in [3.8, 4) is 5.75 Å². The molecule has 0 aliphatic heterocycles. The van der Waals surface area contributed by atoms with Crippen LogP contribution in [0.25, 0.3) is 10.9 Å². The van der Waals surface area contributed by atoms with Gasteiger partial charge in [-0.2, -0.15) is 0 Å². The van der Waals surface area contributed by atoms with Crippen molar-refractivity contribution in [1.82, 2.24) is 14.6 Å². The number of hydrogen-bond acceptors (Lipinski definition) is 7. The van der Waals surface area contributed by atoms with Crippen molar-refractivity contribution in [3.05, 3.63) is 42.2 Å². The molecule has 0 aliphatic rings. The van der Waals surface area contributed by atoms with Crippen molar-refractivity contribution < 1.29 is 4.74 Å². The summed E-state index contributed by atoms with van der Waals surface area (Å²) in [5.41, 5.74) is 4.06. The Labute approximate surface area is 113 Å². The summed E-state index contributed by atoms with van der Waals surface area (Å²) >= 11 is 1.20. The van der Waals surface area contributed by atoms with Crippen molar-refractivity contribution in [1.29, 1.82) is 0 Å². The van der Waals surface area contributed by atoms with Crippen molar-refractivity contribution >= 4 is 27.4 Å². The molecule has 0 atom stereocenters. The number of nitrogens with two attached hydrogens (primary N) is 1. The van der Waals surface area contributed by atoms with Crippen molar-refractivity contribution in [2.45, 2.75) is 6.61 Å². The molecule has 0 saturated carbocycles. The highest BCUT2D eigenvalue weighted by Gasteiger charge is 2.09. The highest BCUT2D eigenvalue weighted by atomic mass is 32.1. The molecule has 0 unspecified atom stereocenters. The second kappa shape index (κ2) is 5.17. The van der Waals surface area contributed by atoms with E-state index in [0.717, 1.165) is 10.9 Å². The van der Waals surface area contributed by atoms with Gasteiger partial charge in [0.2, 0.25) is 0 Å². The fraction of sp³-hybridized carbons (Fsp3) is 0.0833. The Hall–Kier alpha value is -2.25. The maximum absolute atomic E-state index is 5.75. The quantitative estimate of drug-likeness (QED) is 0.558. The maximum atomic E-state index is 5.75. The Kier molecular flexibility index (Phi) is 3.21. The number of ether oxygens (including phenoxy) is 1. The lowest BCUT2D eigenvalue weighted by Gasteiger charge is -2.07. The zero-order chi connectivity index (χ0) is 13.1. The van der Waals surface area contributed by atoms with Gasteiger partial charge in [0.25, 0.3) is 0 Å². The zero-order valence-electron chi connectivity index (χ0n) is 9.91. The maximum Gasteiger partial charge on any atom is 0.150 e. The van der Waals surface area contributed by atoms with Crippen molar-refractivity contribution in [2.75, 3.05) is 5.43 Å². The molecule has 0 spiro atoms. The molecule has 6 nitrogen and oxygen atoms in total. The number of rotatable bonds is 4. The highest BCUT2D eigenvalue weighted by Crippen LogP contribution is 2.25. The van der Waals surface area contributed by atoms with Gasteiger partial charge in [-0.25, -0.2) is 5.84 Å². The third-order valence-electron chi connectivity index (χ3n) is 2.65. The van der Waals surface area contributed by atoms with E-state index in [4.69, 9.17) is 10.6 Å². The molecule has 2 heterocycles. The van der Waals surface area contributed by atoms with Crippen LogP contribution >= 0.6 is 11.5 Å². The van der Waals surface area contributed by atoms with Crippen molar-refractivity contribution in [3.63, 3.8) is 0 Å². The second-order valence-electron chi connectivity index (χ2n) is 3.81. The van der Waals surface area contributed by atoms with E-state index < -0.39 is 0 Å². The summed E-state index contributed by atoms with van der Waals surface area (Å²) < 4.78 is 9.57. The van der Waals surface area contributed by atoms with Gasteiger partial charge in [0.05, 0.1) is 0 Å². The number of fused-ring (bicyclic) bond motifs is 1. The summed E-state index contributed by atoms with van der Waals surface area (Å²) in [6.07, 6.45) is 1.74. The zero-order valence-corrected chi connectivity index (χ0v) is 10.7. The minimum atomic E-state index is 0.297. The molecule has 3 rings (SSSR count). The van der Waals surface area contributed by atoms with Crippen LogP contribution in [0, 0.1) is 0 Å². The molecule has 0 fully saturated rings. The fourth-order valence-electron chi connectivity index (χ4n) is 1.75. The summed E-state index contributed by atoms with van der Waals surface area (Å²) in [5.74, 6) is 6.08. The van der Waals surface area contributed by atoms with Crippen LogP contribution in [-0.2, 0) is 6.61 Å². The van der Waals surface area contributed by atoms with E-state index in [1.54, 1.807) is 6.20 Å². The smallest absolute Gasteiger partial charge is 0.150 e. The number of nitrogens with zero attached hydrogens (tertiary/aromatic N) is 3. The first-order valence-corrected chi connectivity index (χ1v) is 6.40. The van der Waals surface area contributed by atoms with Gasteiger partial charge in [-0.1, -0.05) is 22.7 Å². The first-order chi connectivity index (χ1) is 9.38. The molecule has 3 N–H and O–H groups in total. The predicted octanol–water partition coefficient (Wildman–Crippen LogP) is 1.95. The Morgan fingerprint density at radius 1 is 1.26 bits per heavy atom. The largest absolute Gasteiger partial charge is 0.485 e. The SMILES string of the molecule is NNc1snnc1COc1cccc2cccnc12. The van der Waals surface area contributed by atoms with Crippen LogP contribution in [0.3, 0.4) is 0 Å². The van der Waals surface area contributed by atoms with Gasteiger partial charge in [0.1, 0.15) is 23.6 Å². The molecule has 0 saturated heterocycles. The molecule has 0 amide bonds. The van der Waals surface area contributed by atoms with E-state index in [1.165, 1.54) is 11.5 Å². The summed E-state index contributed by atoms with van der Waals surface area (Å²) in [7, 11) is 0. The standard InChI is InChI=1S/C12H11N5OS/c13-15-12-9(16-17-19-12)7-18-10-5-1-3-8-4-2-6-14-11(8)10/h1-6,15H,7,13H2. The lowest BCUT2D eigenvalue weighted by Crippen LogP contribution is -2.08. The molecule has 2 aromatic heterocycles. The molecule has 7 heteroatoms. The fourth-order valence-corrected chi connectivity index (χ4v) is 2.23. The third-order valence-corrected chi connectivity index (χ3v) is 3.35. The molecular weight excluding hydrogens is 262 g/mol. The van der Waals surface area contributed by atoms with Crippen LogP contribution in [0.5, 0.6) is 5.75 Å². The van der Waals surface area contributed by atoms with Crippen LogP contribution in [0.15, 0.2) is 36.5 Å². The molecule has 0 aliphatic carbocycles. The summed E-state index contributed by atoms with van der Waals surface area (Å²) in [6, 6.07) is 9.69. The first kappa shape index (κ1) is 11.8. The van der Waals surface area contributed by atoms with Crippen LogP contribution in [0.1, 0.15) is 5.69 Å². The average molecular weight is 273 g/mol. The number of aromatic nitrogens is 3. The van der Waals surface area contributed by atoms with E-state index in [9.17, 15) is 0 Å². The van der Waals surface area contributed by atoms with E-state index in [-0.39, 0.29) is 0 Å². The molecule has 1 aromatic carbocycles. The van der Waals surface area contributed by atoms with Gasteiger partial charge in [-0.05, 0) is 12.1 Å². The topological polar surface area (TPSA) is 86.0 Å². The van der Waals surface area contributed by atoms with Crippen LogP contribution < -0.4 is 16.0 Å². The average Bonchev–Trinajstić information content (AvgIpc) is 2.92. The lowest BCUT2D eigenvalue weighted by atomic mass is 10.2. The molecule has 3 aromatic rings. The minimum Gasteiger partial charge on any atom is -0.485 e. The number of para-hydroxylation sites is 1. The van der Waals surface area contributed by atoms with Gasteiger partial charge < -0.3 is 10.2 Å². The molecule has 96 valence electrons. The number of pyridine rings is 1. The molecule has 19 heavy (non-hydrogen) atoms. The number of nitrogens with one attached hydrogen (secondary N) is 1. The Morgan fingerprint density at radius 2 is 2.16 bits per heavy atom. The minimum absolute atomic E-state index is 0.297. The summed E-state index contributed by atoms with van der Waals surface area (Å²) in [4.78, 5) is 4.32. The molecular formula is C12H11N5OS. The normalized spacial score (nSPS) is 10.6. The molecule has 0 radical (unpaired) electrons. The van der Waals surface area contributed by atoms with Crippen LogP contribution in [-0.4, -0.2) is 14.6 Å². The van der Waals surface area contributed by atoms with Gasteiger partial charge in [0.15, 0.2) is 5.00 Å². The number of hydrazine groups is 1. The molecule has 0 bridgehead atoms. The number of hydrogen-bond donors (Lipinski definition) is 2. The van der Waals surface area contributed by atoms with Gasteiger partial charge in [0, 0.05) is 23.1 Å². The Morgan fingerprint density at radius 3 is 3.05 bits per heavy atom. The monoisotopic (exact) mass is 273 g/mol. The Bertz CT molecular complexity index is 694. The lowest BCUT2D eigenvalue weighted by molar-refractivity contribution is 0.305. The van der Waals surface area contributed by atoms with E-state index in [0.29, 0.717) is 23.1 Å². The van der Waals surface area contributed by atoms with Gasteiger partial charge in [-0.15, -0.1) is 5.10 Å². The highest BCUT2D eigenvalue weighted by molar-refractivity contribution is 7.10. The Balaban J connectivity index is 1.86. The second-order valence-corrected chi connectivity index (χ2v) is 4.57. The number of nitrogen functional groups attached to an aromatic ring is 1. The summed E-state index contributed by atoms with van der Waals surface area (Å²) in [5, 5.41) is 5.70. The number of benzene rings is 1. The summed E-state index contributed by atoms with van der Waals surface area (Å²) in [6.45, 7) is 0.297. The predicted molar refractivity (Wildman–Crippen MR) is 73.8 cm³/mol. The first-order valence-electron chi connectivity index (χ1n) is 5.63. The van der Waals surface area contributed by atoms with Gasteiger partial charge in [-0.3, -0.25) is 4.98 Å². The van der Waals surface area contributed by atoms with Crippen molar-refractivity contribution in [2.24, 2.45) is 5.84 Å². The third kappa shape index (κ3) is 2.33. The van der Waals surface area contributed by atoms with Crippen LogP contribution in [0.2, 0.25) is 0 Å². The van der Waals surface area contributed by atoms with E-state index in [2.05, 4.69) is 20.0 Å².